The van der Waals surface area contributed by atoms with Crippen LogP contribution >= 0.6 is 24.8 Å². The Morgan fingerprint density at radius 1 is 1.07 bits per heavy atom. The number of nitrogen functional groups attached to an aromatic ring is 1. The van der Waals surface area contributed by atoms with Crippen LogP contribution in [-0.4, -0.2) is 20.4 Å². The SMILES string of the molecule is Cl.Cl.Nc1cccc(-n2cnc3cc(C(=O)NCc4cccnc4)ccc32)c1. The number of halogens is 2. The zero-order valence-electron chi connectivity index (χ0n) is 14.8. The number of pyridine rings is 1. The fourth-order valence-electron chi connectivity index (χ4n) is 2.82. The van der Waals surface area contributed by atoms with Gasteiger partial charge in [0.15, 0.2) is 0 Å². The smallest absolute Gasteiger partial charge is 0.251 e. The standard InChI is InChI=1S/C20H17N5O.2ClH/c21-16-4-1-5-17(10-16)25-13-24-18-9-15(6-7-19(18)25)20(26)23-12-14-3-2-8-22-11-14;;/h1-11,13H,12,21H2,(H,23,26);2*1H. The minimum atomic E-state index is -0.144. The van der Waals surface area contributed by atoms with Gasteiger partial charge in [-0.05, 0) is 48.0 Å². The number of carbonyl (C=O) groups is 1. The minimum absolute atomic E-state index is 0. The lowest BCUT2D eigenvalue weighted by Gasteiger charge is -2.07. The predicted octanol–water partition coefficient (Wildman–Crippen LogP) is 3.78. The van der Waals surface area contributed by atoms with Crippen molar-refractivity contribution in [3.63, 3.8) is 0 Å². The van der Waals surface area contributed by atoms with Crippen LogP contribution in [0.15, 0.2) is 73.3 Å². The average Bonchev–Trinajstić information content (AvgIpc) is 3.10. The number of benzene rings is 2. The van der Waals surface area contributed by atoms with Crippen molar-refractivity contribution in [2.45, 2.75) is 6.54 Å². The number of carbonyl (C=O) groups excluding carboxylic acids is 1. The molecule has 1 amide bonds. The number of nitrogens with two attached hydrogens (primary N) is 1. The molecule has 0 atom stereocenters. The first-order valence-electron chi connectivity index (χ1n) is 8.21. The zero-order valence-corrected chi connectivity index (χ0v) is 16.4. The number of nitrogens with one attached hydrogen (secondary N) is 1. The van der Waals surface area contributed by atoms with E-state index in [2.05, 4.69) is 15.3 Å². The summed E-state index contributed by atoms with van der Waals surface area (Å²) in [7, 11) is 0. The first kappa shape index (κ1) is 21.2. The molecule has 3 N–H and O–H groups in total. The number of rotatable bonds is 4. The van der Waals surface area contributed by atoms with Gasteiger partial charge in [0, 0.05) is 35.9 Å². The Morgan fingerprint density at radius 3 is 2.68 bits per heavy atom. The second-order valence-electron chi connectivity index (χ2n) is 5.96. The van der Waals surface area contributed by atoms with E-state index in [4.69, 9.17) is 5.73 Å². The van der Waals surface area contributed by atoms with Crippen LogP contribution in [-0.2, 0) is 6.54 Å². The summed E-state index contributed by atoms with van der Waals surface area (Å²) in [5.41, 5.74) is 10.7. The van der Waals surface area contributed by atoms with Gasteiger partial charge in [-0.1, -0.05) is 12.1 Å². The lowest BCUT2D eigenvalue weighted by atomic mass is 10.1. The first-order chi connectivity index (χ1) is 12.7. The van der Waals surface area contributed by atoms with Gasteiger partial charge in [-0.2, -0.15) is 0 Å². The van der Waals surface area contributed by atoms with Gasteiger partial charge in [0.2, 0.25) is 0 Å². The lowest BCUT2D eigenvalue weighted by molar-refractivity contribution is 0.0951. The molecule has 144 valence electrons. The normalized spacial score (nSPS) is 10.0. The number of hydrogen-bond donors (Lipinski definition) is 2. The second kappa shape index (κ2) is 9.21. The van der Waals surface area contributed by atoms with Crippen LogP contribution in [0.25, 0.3) is 16.7 Å². The Kier molecular flexibility index (Phi) is 6.98. The van der Waals surface area contributed by atoms with Gasteiger partial charge >= 0.3 is 0 Å². The second-order valence-corrected chi connectivity index (χ2v) is 5.96. The van der Waals surface area contributed by atoms with Crippen LogP contribution in [0.4, 0.5) is 5.69 Å². The fourth-order valence-corrected chi connectivity index (χ4v) is 2.82. The molecule has 2 aromatic carbocycles. The van der Waals surface area contributed by atoms with Crippen molar-refractivity contribution in [3.8, 4) is 5.69 Å². The van der Waals surface area contributed by atoms with Crippen molar-refractivity contribution < 1.29 is 4.79 Å². The van der Waals surface area contributed by atoms with Crippen LogP contribution < -0.4 is 11.1 Å². The summed E-state index contributed by atoms with van der Waals surface area (Å²) < 4.78 is 1.95. The van der Waals surface area contributed by atoms with E-state index in [0.29, 0.717) is 17.8 Å². The Balaban J connectivity index is 0.00000140. The third kappa shape index (κ3) is 4.42. The summed E-state index contributed by atoms with van der Waals surface area (Å²) in [6.07, 6.45) is 5.17. The molecule has 2 aromatic heterocycles. The van der Waals surface area contributed by atoms with E-state index in [9.17, 15) is 4.79 Å². The van der Waals surface area contributed by atoms with Gasteiger partial charge in [0.05, 0.1) is 11.0 Å². The number of aromatic nitrogens is 3. The van der Waals surface area contributed by atoms with Crippen LogP contribution in [0, 0.1) is 0 Å². The van der Waals surface area contributed by atoms with E-state index in [1.165, 1.54) is 0 Å². The average molecular weight is 416 g/mol. The van der Waals surface area contributed by atoms with E-state index in [1.807, 2.05) is 47.0 Å². The largest absolute Gasteiger partial charge is 0.399 e. The van der Waals surface area contributed by atoms with Gasteiger partial charge in [-0.15, -0.1) is 24.8 Å². The van der Waals surface area contributed by atoms with Crippen LogP contribution in [0.5, 0.6) is 0 Å². The molecule has 0 aliphatic rings. The highest BCUT2D eigenvalue weighted by atomic mass is 35.5. The molecule has 0 unspecified atom stereocenters. The molecule has 8 heteroatoms. The van der Waals surface area contributed by atoms with E-state index < -0.39 is 0 Å². The molecule has 0 aliphatic carbocycles. The molecule has 28 heavy (non-hydrogen) atoms. The number of anilines is 1. The summed E-state index contributed by atoms with van der Waals surface area (Å²) in [5.74, 6) is -0.144. The summed E-state index contributed by atoms with van der Waals surface area (Å²) in [4.78, 5) is 20.9. The molecular formula is C20H19Cl2N5O. The van der Waals surface area contributed by atoms with Crippen LogP contribution in [0.2, 0.25) is 0 Å². The van der Waals surface area contributed by atoms with E-state index in [0.717, 1.165) is 22.3 Å². The third-order valence-electron chi connectivity index (χ3n) is 4.13. The lowest BCUT2D eigenvalue weighted by Crippen LogP contribution is -2.22. The Hall–Kier alpha value is -3.09. The monoisotopic (exact) mass is 415 g/mol. The maximum Gasteiger partial charge on any atom is 0.251 e. The van der Waals surface area contributed by atoms with Crippen molar-refractivity contribution >= 4 is 47.4 Å². The molecular weight excluding hydrogens is 397 g/mol. The molecule has 0 saturated heterocycles. The van der Waals surface area contributed by atoms with Gasteiger partial charge in [0.1, 0.15) is 6.33 Å². The van der Waals surface area contributed by atoms with Gasteiger partial charge < -0.3 is 11.1 Å². The Labute approximate surface area is 174 Å². The minimum Gasteiger partial charge on any atom is -0.399 e. The predicted molar refractivity (Wildman–Crippen MR) is 115 cm³/mol. The maximum absolute atomic E-state index is 12.4. The maximum atomic E-state index is 12.4. The number of imidazole rings is 1. The molecule has 0 fully saturated rings. The molecule has 0 saturated carbocycles. The van der Waals surface area contributed by atoms with Crippen molar-refractivity contribution in [1.29, 1.82) is 0 Å². The van der Waals surface area contributed by atoms with E-state index in [1.54, 1.807) is 30.9 Å². The summed E-state index contributed by atoms with van der Waals surface area (Å²) in [5, 5.41) is 2.90. The van der Waals surface area contributed by atoms with Crippen molar-refractivity contribution in [1.82, 2.24) is 19.9 Å². The fraction of sp³-hybridized carbons (Fsp3) is 0.0500. The highest BCUT2D eigenvalue weighted by Crippen LogP contribution is 2.20. The molecule has 0 spiro atoms. The van der Waals surface area contributed by atoms with Gasteiger partial charge in [-0.3, -0.25) is 14.3 Å². The van der Waals surface area contributed by atoms with Crippen molar-refractivity contribution in [2.75, 3.05) is 5.73 Å². The van der Waals surface area contributed by atoms with Crippen molar-refractivity contribution in [2.24, 2.45) is 0 Å². The third-order valence-corrected chi connectivity index (χ3v) is 4.13. The molecule has 0 radical (unpaired) electrons. The Bertz CT molecular complexity index is 1080. The summed E-state index contributed by atoms with van der Waals surface area (Å²) in [6.45, 7) is 0.433. The van der Waals surface area contributed by atoms with Gasteiger partial charge in [0.25, 0.3) is 5.91 Å². The molecule has 4 aromatic rings. The van der Waals surface area contributed by atoms with E-state index >= 15 is 0 Å². The molecule has 0 bridgehead atoms. The molecule has 6 nitrogen and oxygen atoms in total. The topological polar surface area (TPSA) is 85.8 Å². The quantitative estimate of drug-likeness (QED) is 0.496. The highest BCUT2D eigenvalue weighted by molar-refractivity contribution is 5.97. The first-order valence-corrected chi connectivity index (χ1v) is 8.21. The highest BCUT2D eigenvalue weighted by Gasteiger charge is 2.10. The van der Waals surface area contributed by atoms with Crippen LogP contribution in [0.3, 0.4) is 0 Å². The number of nitrogens with zero attached hydrogens (tertiary/aromatic N) is 3. The van der Waals surface area contributed by atoms with Gasteiger partial charge in [-0.25, -0.2) is 4.98 Å². The van der Waals surface area contributed by atoms with E-state index in [-0.39, 0.29) is 30.7 Å². The summed E-state index contributed by atoms with van der Waals surface area (Å²) in [6, 6.07) is 16.8. The Morgan fingerprint density at radius 2 is 1.93 bits per heavy atom. The van der Waals surface area contributed by atoms with Crippen LogP contribution in [0.1, 0.15) is 15.9 Å². The molecule has 0 aliphatic heterocycles. The number of fused-ring (bicyclic) bond motifs is 1. The molecule has 2 heterocycles. The summed E-state index contributed by atoms with van der Waals surface area (Å²) >= 11 is 0. The zero-order chi connectivity index (χ0) is 17.9. The molecule has 4 rings (SSSR count). The van der Waals surface area contributed by atoms with Crippen molar-refractivity contribution in [3.05, 3.63) is 84.4 Å². The number of hydrogen-bond acceptors (Lipinski definition) is 4. The number of amides is 1.